The zero-order valence-electron chi connectivity index (χ0n) is 16.7. The van der Waals surface area contributed by atoms with Crippen molar-refractivity contribution in [2.75, 3.05) is 19.0 Å². The summed E-state index contributed by atoms with van der Waals surface area (Å²) in [5, 5.41) is 5.01. The summed E-state index contributed by atoms with van der Waals surface area (Å²) in [4.78, 5) is 16.7. The largest absolute Gasteiger partial charge is 0.488 e. The molecule has 0 aliphatic carbocycles. The van der Waals surface area contributed by atoms with Crippen LogP contribution in [0.2, 0.25) is 0 Å². The fraction of sp³-hybridized carbons (Fsp3) is 0.273. The molecular formula is C22H22F2N2O3S. The molecule has 0 aliphatic rings. The number of amides is 1. The Hall–Kier alpha value is -2.84. The summed E-state index contributed by atoms with van der Waals surface area (Å²) in [6.07, 6.45) is 2.20. The minimum absolute atomic E-state index is 0.213. The summed E-state index contributed by atoms with van der Waals surface area (Å²) in [5.74, 6) is -0.997. The third-order valence-electron chi connectivity index (χ3n) is 4.32. The smallest absolute Gasteiger partial charge is 0.257 e. The molecule has 1 heterocycles. The van der Waals surface area contributed by atoms with E-state index in [9.17, 15) is 13.6 Å². The molecule has 1 aromatic heterocycles. The van der Waals surface area contributed by atoms with E-state index < -0.39 is 11.6 Å². The topological polar surface area (TPSA) is 60.5 Å². The minimum Gasteiger partial charge on any atom is -0.488 e. The molecule has 0 saturated heterocycles. The number of aryl methyl sites for hydroxylation is 2. The molecule has 1 atom stereocenters. The van der Waals surface area contributed by atoms with E-state index in [0.29, 0.717) is 41.5 Å². The van der Waals surface area contributed by atoms with Crippen LogP contribution in [0.25, 0.3) is 0 Å². The quantitative estimate of drug-likeness (QED) is 0.524. The van der Waals surface area contributed by atoms with Crippen molar-refractivity contribution in [3.05, 3.63) is 76.3 Å². The van der Waals surface area contributed by atoms with Gasteiger partial charge in [-0.1, -0.05) is 6.07 Å². The Bertz CT molecular complexity index is 996. The Morgan fingerprint density at radius 1 is 1.20 bits per heavy atom. The minimum atomic E-state index is -0.611. The predicted molar refractivity (Wildman–Crippen MR) is 112 cm³/mol. The van der Waals surface area contributed by atoms with E-state index in [1.54, 1.807) is 30.8 Å². The Labute approximate surface area is 177 Å². The number of aromatic nitrogens is 1. The number of hydrogen-bond donors (Lipinski definition) is 1. The predicted octanol–water partition coefficient (Wildman–Crippen LogP) is 4.87. The van der Waals surface area contributed by atoms with Crippen LogP contribution in [-0.2, 0) is 17.6 Å². The van der Waals surface area contributed by atoms with Crippen LogP contribution in [0, 0.1) is 11.6 Å². The van der Waals surface area contributed by atoms with Crippen molar-refractivity contribution in [2.24, 2.45) is 0 Å². The van der Waals surface area contributed by atoms with Crippen molar-refractivity contribution in [3.8, 4) is 5.75 Å². The fourth-order valence-corrected chi connectivity index (χ4v) is 3.49. The molecule has 0 aliphatic heterocycles. The molecule has 0 fully saturated rings. The van der Waals surface area contributed by atoms with Crippen LogP contribution in [-0.4, -0.2) is 30.7 Å². The molecule has 2 aromatic carbocycles. The number of rotatable bonds is 9. The third-order valence-corrected chi connectivity index (χ3v) is 5.01. The van der Waals surface area contributed by atoms with E-state index in [4.69, 9.17) is 9.47 Å². The lowest BCUT2D eigenvalue weighted by Gasteiger charge is -2.16. The number of carbonyl (C=O) groups is 1. The highest BCUT2D eigenvalue weighted by Crippen LogP contribution is 2.22. The molecule has 1 N–H and O–H groups in total. The van der Waals surface area contributed by atoms with Gasteiger partial charge in [0.25, 0.3) is 5.91 Å². The van der Waals surface area contributed by atoms with Crippen LogP contribution in [0.4, 0.5) is 13.9 Å². The lowest BCUT2D eigenvalue weighted by atomic mass is 10.0. The summed E-state index contributed by atoms with van der Waals surface area (Å²) in [6.45, 7) is 2.26. The maximum absolute atomic E-state index is 14.0. The van der Waals surface area contributed by atoms with Crippen molar-refractivity contribution in [1.29, 1.82) is 0 Å². The summed E-state index contributed by atoms with van der Waals surface area (Å²) in [6, 6.07) is 8.73. The number of nitrogens with one attached hydrogen (secondary N) is 1. The average Bonchev–Trinajstić information content (AvgIpc) is 3.20. The van der Waals surface area contributed by atoms with Gasteiger partial charge in [0.15, 0.2) is 5.13 Å². The third kappa shape index (κ3) is 6.08. The Morgan fingerprint density at radius 3 is 2.73 bits per heavy atom. The van der Waals surface area contributed by atoms with Gasteiger partial charge in [0.2, 0.25) is 0 Å². The molecule has 0 spiro atoms. The van der Waals surface area contributed by atoms with Crippen molar-refractivity contribution in [2.45, 2.75) is 25.9 Å². The molecule has 1 amide bonds. The van der Waals surface area contributed by atoms with Crippen molar-refractivity contribution in [3.63, 3.8) is 0 Å². The first-order valence-corrected chi connectivity index (χ1v) is 10.3. The number of benzene rings is 2. The van der Waals surface area contributed by atoms with E-state index in [1.165, 1.54) is 23.5 Å². The number of halogens is 2. The second-order valence-electron chi connectivity index (χ2n) is 6.78. The number of anilines is 1. The van der Waals surface area contributed by atoms with Gasteiger partial charge in [-0.15, -0.1) is 11.3 Å². The summed E-state index contributed by atoms with van der Waals surface area (Å²) in [5.41, 5.74) is 1.61. The average molecular weight is 432 g/mol. The second kappa shape index (κ2) is 10.3. The number of methoxy groups -OCH3 is 1. The summed E-state index contributed by atoms with van der Waals surface area (Å²) >= 11 is 1.32. The van der Waals surface area contributed by atoms with Crippen LogP contribution >= 0.6 is 11.3 Å². The Morgan fingerprint density at radius 2 is 2.03 bits per heavy atom. The monoisotopic (exact) mass is 432 g/mol. The van der Waals surface area contributed by atoms with E-state index in [-0.39, 0.29) is 12.0 Å². The molecule has 5 nitrogen and oxygen atoms in total. The number of ether oxygens (including phenoxy) is 2. The highest BCUT2D eigenvalue weighted by Gasteiger charge is 2.14. The van der Waals surface area contributed by atoms with Gasteiger partial charge in [-0.2, -0.15) is 0 Å². The SMILES string of the molecule is COC[C@H](C)Oc1cc(CCc2ccc(F)cc2F)cc(C(=O)Nc2nccs2)c1. The van der Waals surface area contributed by atoms with Gasteiger partial charge in [0.1, 0.15) is 23.5 Å². The Balaban J connectivity index is 1.81. The van der Waals surface area contributed by atoms with Gasteiger partial charge in [-0.3, -0.25) is 10.1 Å². The summed E-state index contributed by atoms with van der Waals surface area (Å²) < 4.78 is 38.1. The first kappa shape index (κ1) is 21.9. The standard InChI is InChI=1S/C22H22F2N2O3S/c1-14(13-28-2)29-19-10-15(3-4-16-5-6-18(23)12-20(16)24)9-17(11-19)21(27)26-22-25-7-8-30-22/h5-12,14H,3-4,13H2,1-2H3,(H,25,26,27)/t14-/m0/s1. The molecule has 0 unspecified atom stereocenters. The van der Waals surface area contributed by atoms with E-state index >= 15 is 0 Å². The van der Waals surface area contributed by atoms with Crippen LogP contribution in [0.1, 0.15) is 28.4 Å². The first-order valence-electron chi connectivity index (χ1n) is 9.39. The lowest BCUT2D eigenvalue weighted by Crippen LogP contribution is -2.19. The maximum Gasteiger partial charge on any atom is 0.257 e. The lowest BCUT2D eigenvalue weighted by molar-refractivity contribution is 0.0916. The van der Waals surface area contributed by atoms with Gasteiger partial charge in [0, 0.05) is 30.3 Å². The van der Waals surface area contributed by atoms with Gasteiger partial charge >= 0.3 is 0 Å². The zero-order valence-corrected chi connectivity index (χ0v) is 17.5. The van der Waals surface area contributed by atoms with Gasteiger partial charge < -0.3 is 9.47 Å². The van der Waals surface area contributed by atoms with Crippen LogP contribution in [0.15, 0.2) is 48.0 Å². The second-order valence-corrected chi connectivity index (χ2v) is 7.67. The van der Waals surface area contributed by atoms with Crippen molar-refractivity contribution >= 4 is 22.4 Å². The van der Waals surface area contributed by atoms with Crippen molar-refractivity contribution in [1.82, 2.24) is 4.98 Å². The van der Waals surface area contributed by atoms with E-state index in [2.05, 4.69) is 10.3 Å². The number of nitrogens with zero attached hydrogens (tertiary/aromatic N) is 1. The molecule has 158 valence electrons. The highest BCUT2D eigenvalue weighted by atomic mass is 32.1. The normalized spacial score (nSPS) is 11.9. The van der Waals surface area contributed by atoms with E-state index in [1.807, 2.05) is 13.0 Å². The first-order chi connectivity index (χ1) is 14.4. The van der Waals surface area contributed by atoms with Gasteiger partial charge in [-0.05, 0) is 55.2 Å². The van der Waals surface area contributed by atoms with Crippen LogP contribution < -0.4 is 10.1 Å². The fourth-order valence-electron chi connectivity index (χ4n) is 2.96. The van der Waals surface area contributed by atoms with Gasteiger partial charge in [0.05, 0.1) is 6.61 Å². The maximum atomic E-state index is 14.0. The molecule has 0 bridgehead atoms. The van der Waals surface area contributed by atoms with Crippen LogP contribution in [0.5, 0.6) is 5.75 Å². The zero-order chi connectivity index (χ0) is 21.5. The number of hydrogen-bond acceptors (Lipinski definition) is 5. The summed E-state index contributed by atoms with van der Waals surface area (Å²) in [7, 11) is 1.58. The number of carbonyl (C=O) groups excluding carboxylic acids is 1. The molecule has 3 aromatic rings. The highest BCUT2D eigenvalue weighted by molar-refractivity contribution is 7.13. The Kier molecular flexibility index (Phi) is 7.48. The molecule has 8 heteroatoms. The van der Waals surface area contributed by atoms with Crippen LogP contribution in [0.3, 0.4) is 0 Å². The molecule has 3 rings (SSSR count). The molecule has 0 saturated carbocycles. The molecular weight excluding hydrogens is 410 g/mol. The molecule has 30 heavy (non-hydrogen) atoms. The number of thiazole rings is 1. The van der Waals surface area contributed by atoms with Gasteiger partial charge in [-0.25, -0.2) is 13.8 Å². The van der Waals surface area contributed by atoms with Crippen molar-refractivity contribution < 1.29 is 23.0 Å². The van der Waals surface area contributed by atoms with E-state index in [0.717, 1.165) is 11.6 Å². The molecule has 0 radical (unpaired) electrons.